The molecule has 27 heavy (non-hydrogen) atoms. The third-order valence-electron chi connectivity index (χ3n) is 4.43. The van der Waals surface area contributed by atoms with Crippen LogP contribution in [0.2, 0.25) is 0 Å². The summed E-state index contributed by atoms with van der Waals surface area (Å²) in [5, 5.41) is 3.38. The van der Waals surface area contributed by atoms with Gasteiger partial charge in [-0.1, -0.05) is 12.1 Å². The third-order valence-corrected chi connectivity index (χ3v) is 4.43. The van der Waals surface area contributed by atoms with Gasteiger partial charge in [0.1, 0.15) is 0 Å². The predicted molar refractivity (Wildman–Crippen MR) is 114 cm³/mol. The summed E-state index contributed by atoms with van der Waals surface area (Å²) < 4.78 is 10.8. The molecular weight excluding hydrogens is 340 g/mol. The van der Waals surface area contributed by atoms with E-state index in [0.29, 0.717) is 6.54 Å². The lowest BCUT2D eigenvalue weighted by Crippen LogP contribution is -2.40. The highest BCUT2D eigenvalue weighted by atomic mass is 16.5. The molecule has 6 heteroatoms. The van der Waals surface area contributed by atoms with Crippen molar-refractivity contribution in [2.24, 2.45) is 4.99 Å². The molecule has 1 atom stereocenters. The molecule has 1 unspecified atom stereocenters. The Morgan fingerprint density at radius 1 is 1.22 bits per heavy atom. The van der Waals surface area contributed by atoms with Gasteiger partial charge in [-0.2, -0.15) is 0 Å². The molecule has 0 aliphatic rings. The number of nitrogens with zero attached hydrogens (tertiary/aromatic N) is 3. The predicted octanol–water partition coefficient (Wildman–Crippen LogP) is 3.17. The van der Waals surface area contributed by atoms with Crippen molar-refractivity contribution >= 4 is 5.96 Å². The number of rotatable bonds is 11. The number of allylic oxidation sites excluding steroid dienone is 1. The topological polar surface area (TPSA) is 49.3 Å². The number of nitrogens with one attached hydrogen (secondary N) is 1. The molecule has 0 heterocycles. The van der Waals surface area contributed by atoms with E-state index >= 15 is 0 Å². The van der Waals surface area contributed by atoms with E-state index in [4.69, 9.17) is 14.5 Å². The molecule has 0 fully saturated rings. The summed E-state index contributed by atoms with van der Waals surface area (Å²) in [5.41, 5.74) is 1.14. The van der Waals surface area contributed by atoms with Gasteiger partial charge in [0.15, 0.2) is 17.5 Å². The van der Waals surface area contributed by atoms with Crippen LogP contribution in [0.3, 0.4) is 0 Å². The van der Waals surface area contributed by atoms with E-state index in [1.165, 1.54) is 0 Å². The van der Waals surface area contributed by atoms with Gasteiger partial charge in [0, 0.05) is 20.1 Å². The summed E-state index contributed by atoms with van der Waals surface area (Å²) in [7, 11) is 9.52. The van der Waals surface area contributed by atoms with Crippen LogP contribution in [0.15, 0.2) is 35.8 Å². The summed E-state index contributed by atoms with van der Waals surface area (Å²) >= 11 is 0. The van der Waals surface area contributed by atoms with Crippen LogP contribution in [-0.2, 0) is 0 Å². The summed E-state index contributed by atoms with van der Waals surface area (Å²) in [6.45, 7) is 8.31. The van der Waals surface area contributed by atoms with Crippen molar-refractivity contribution in [2.75, 3.05) is 55.0 Å². The van der Waals surface area contributed by atoms with Crippen molar-refractivity contribution in [1.82, 2.24) is 15.1 Å². The Balaban J connectivity index is 2.99. The van der Waals surface area contributed by atoms with E-state index < -0.39 is 0 Å². The first-order chi connectivity index (χ1) is 13.0. The third kappa shape index (κ3) is 7.13. The molecule has 0 aliphatic carbocycles. The van der Waals surface area contributed by atoms with Crippen molar-refractivity contribution in [3.05, 3.63) is 36.4 Å². The maximum Gasteiger partial charge on any atom is 0.193 e. The fourth-order valence-corrected chi connectivity index (χ4v) is 2.85. The molecule has 1 N–H and O–H groups in total. The lowest BCUT2D eigenvalue weighted by atomic mass is 10.1. The first kappa shape index (κ1) is 22.8. The van der Waals surface area contributed by atoms with Crippen LogP contribution in [0.1, 0.15) is 31.4 Å². The van der Waals surface area contributed by atoms with E-state index in [9.17, 15) is 0 Å². The van der Waals surface area contributed by atoms with Crippen LogP contribution in [-0.4, -0.2) is 70.8 Å². The summed E-state index contributed by atoms with van der Waals surface area (Å²) in [5.74, 6) is 2.39. The van der Waals surface area contributed by atoms with Gasteiger partial charge in [0.2, 0.25) is 0 Å². The minimum atomic E-state index is 0.139. The van der Waals surface area contributed by atoms with Crippen LogP contribution in [0.25, 0.3) is 0 Å². The number of aliphatic imine (C=N–C) groups is 1. The number of likely N-dealkylation sites (N-methyl/N-ethyl adjacent to an activating group) is 1. The minimum Gasteiger partial charge on any atom is -0.493 e. The largest absolute Gasteiger partial charge is 0.493 e. The van der Waals surface area contributed by atoms with Crippen LogP contribution < -0.4 is 14.8 Å². The fourth-order valence-electron chi connectivity index (χ4n) is 2.85. The molecule has 0 spiro atoms. The molecule has 0 bridgehead atoms. The van der Waals surface area contributed by atoms with Gasteiger partial charge in [-0.05, 0) is 51.6 Å². The zero-order valence-electron chi connectivity index (χ0n) is 17.8. The van der Waals surface area contributed by atoms with Crippen molar-refractivity contribution < 1.29 is 9.47 Å². The van der Waals surface area contributed by atoms with Crippen molar-refractivity contribution in [2.45, 2.75) is 25.8 Å². The average molecular weight is 377 g/mol. The van der Waals surface area contributed by atoms with Crippen molar-refractivity contribution in [3.63, 3.8) is 0 Å². The SMILES string of the molecule is C=CCCCN(C)C(=NCC(c1ccc(OC)c(OC)c1)N(C)C)NCC. The molecule has 1 rings (SSSR count). The average Bonchev–Trinajstić information content (AvgIpc) is 2.66. The van der Waals surface area contributed by atoms with Crippen molar-refractivity contribution in [1.29, 1.82) is 0 Å². The van der Waals surface area contributed by atoms with Crippen LogP contribution in [0.4, 0.5) is 0 Å². The Labute approximate surface area is 164 Å². The molecule has 0 saturated carbocycles. The van der Waals surface area contributed by atoms with E-state index in [1.54, 1.807) is 14.2 Å². The first-order valence-electron chi connectivity index (χ1n) is 9.47. The van der Waals surface area contributed by atoms with Gasteiger partial charge in [-0.15, -0.1) is 6.58 Å². The number of methoxy groups -OCH3 is 2. The van der Waals surface area contributed by atoms with Crippen molar-refractivity contribution in [3.8, 4) is 11.5 Å². The zero-order valence-corrected chi connectivity index (χ0v) is 17.8. The maximum atomic E-state index is 5.46. The Morgan fingerprint density at radius 3 is 2.48 bits per heavy atom. The molecule has 0 saturated heterocycles. The minimum absolute atomic E-state index is 0.139. The molecule has 0 aromatic heterocycles. The van der Waals surface area contributed by atoms with Gasteiger partial charge in [-0.3, -0.25) is 4.99 Å². The Kier molecular flexibility index (Phi) is 10.3. The lowest BCUT2D eigenvalue weighted by molar-refractivity contribution is 0.302. The number of guanidine groups is 1. The van der Waals surface area contributed by atoms with E-state index in [0.717, 1.165) is 49.0 Å². The number of hydrogen-bond acceptors (Lipinski definition) is 4. The molecule has 6 nitrogen and oxygen atoms in total. The Hall–Kier alpha value is -2.21. The summed E-state index contributed by atoms with van der Waals surface area (Å²) in [4.78, 5) is 9.23. The first-order valence-corrected chi connectivity index (χ1v) is 9.47. The van der Waals surface area contributed by atoms with Gasteiger partial charge in [0.25, 0.3) is 0 Å². The van der Waals surface area contributed by atoms with Gasteiger partial charge in [-0.25, -0.2) is 0 Å². The molecule has 0 amide bonds. The quantitative estimate of drug-likeness (QED) is 0.278. The van der Waals surface area contributed by atoms with E-state index in [1.807, 2.05) is 18.2 Å². The Bertz CT molecular complexity index is 602. The fraction of sp³-hybridized carbons (Fsp3) is 0.571. The molecular formula is C21H36N4O2. The monoisotopic (exact) mass is 376 g/mol. The zero-order chi connectivity index (χ0) is 20.2. The molecule has 0 radical (unpaired) electrons. The second kappa shape index (κ2) is 12.2. The standard InChI is InChI=1S/C21H36N4O2/c1-8-10-11-14-25(5)21(22-9-2)23-16-18(24(3)4)17-12-13-19(26-6)20(15-17)27-7/h8,12-13,15,18H,1,9-11,14,16H2,2-7H3,(H,22,23). The van der Waals surface area contributed by atoms with E-state index in [2.05, 4.69) is 55.8 Å². The molecule has 0 aliphatic heterocycles. The highest BCUT2D eigenvalue weighted by Crippen LogP contribution is 2.31. The normalized spacial score (nSPS) is 12.6. The van der Waals surface area contributed by atoms with Crippen LogP contribution in [0.5, 0.6) is 11.5 Å². The van der Waals surface area contributed by atoms with Crippen LogP contribution in [0, 0.1) is 0 Å². The number of unbranched alkanes of at least 4 members (excludes halogenated alkanes) is 1. The van der Waals surface area contributed by atoms with Gasteiger partial charge < -0.3 is 24.6 Å². The highest BCUT2D eigenvalue weighted by Gasteiger charge is 2.17. The van der Waals surface area contributed by atoms with E-state index in [-0.39, 0.29) is 6.04 Å². The smallest absolute Gasteiger partial charge is 0.193 e. The number of ether oxygens (including phenoxy) is 2. The summed E-state index contributed by atoms with van der Waals surface area (Å²) in [6.07, 6.45) is 4.03. The number of hydrogen-bond donors (Lipinski definition) is 1. The molecule has 1 aromatic rings. The second-order valence-electron chi connectivity index (χ2n) is 6.64. The molecule has 152 valence electrons. The lowest BCUT2D eigenvalue weighted by Gasteiger charge is -2.26. The maximum absolute atomic E-state index is 5.46. The second-order valence-corrected chi connectivity index (χ2v) is 6.64. The molecule has 1 aromatic carbocycles. The summed E-state index contributed by atoms with van der Waals surface area (Å²) in [6, 6.07) is 6.18. The van der Waals surface area contributed by atoms with Gasteiger partial charge >= 0.3 is 0 Å². The highest BCUT2D eigenvalue weighted by molar-refractivity contribution is 5.79. The number of benzene rings is 1. The van der Waals surface area contributed by atoms with Crippen LogP contribution >= 0.6 is 0 Å². The Morgan fingerprint density at radius 2 is 1.93 bits per heavy atom. The van der Waals surface area contributed by atoms with Gasteiger partial charge in [0.05, 0.1) is 26.8 Å².